The predicted molar refractivity (Wildman–Crippen MR) is 57.3 cm³/mol. The minimum absolute atomic E-state index is 0.0824. The SMILES string of the molecule is CS(=O)(=O)CCOC(=O)Cn1ccc(N)n1. The number of hydrogen-bond acceptors (Lipinski definition) is 6. The van der Waals surface area contributed by atoms with Gasteiger partial charge in [-0.15, -0.1) is 0 Å². The summed E-state index contributed by atoms with van der Waals surface area (Å²) in [5.74, 6) is -0.421. The summed E-state index contributed by atoms with van der Waals surface area (Å²) in [5.41, 5.74) is 5.35. The van der Waals surface area contributed by atoms with Crippen molar-refractivity contribution >= 4 is 21.6 Å². The Morgan fingerprint density at radius 2 is 2.31 bits per heavy atom. The Morgan fingerprint density at radius 3 is 2.81 bits per heavy atom. The molecular weight excluding hydrogens is 234 g/mol. The molecule has 1 rings (SSSR count). The lowest BCUT2D eigenvalue weighted by atomic mass is 10.6. The van der Waals surface area contributed by atoms with Gasteiger partial charge in [0.2, 0.25) is 0 Å². The largest absolute Gasteiger partial charge is 0.463 e. The Kier molecular flexibility index (Phi) is 3.88. The van der Waals surface area contributed by atoms with Crippen LogP contribution >= 0.6 is 0 Å². The van der Waals surface area contributed by atoms with E-state index in [9.17, 15) is 13.2 Å². The lowest BCUT2D eigenvalue weighted by molar-refractivity contribution is -0.143. The molecule has 1 aromatic heterocycles. The van der Waals surface area contributed by atoms with Gasteiger partial charge in [-0.3, -0.25) is 9.48 Å². The van der Waals surface area contributed by atoms with Gasteiger partial charge in [0.1, 0.15) is 19.0 Å². The van der Waals surface area contributed by atoms with Gasteiger partial charge in [-0.05, 0) is 6.07 Å². The fourth-order valence-corrected chi connectivity index (χ4v) is 1.34. The summed E-state index contributed by atoms with van der Waals surface area (Å²) in [6.45, 7) is -0.227. The highest BCUT2D eigenvalue weighted by molar-refractivity contribution is 7.90. The molecule has 0 aromatic carbocycles. The van der Waals surface area contributed by atoms with E-state index in [0.717, 1.165) is 6.26 Å². The minimum Gasteiger partial charge on any atom is -0.463 e. The molecule has 1 heterocycles. The van der Waals surface area contributed by atoms with Crippen molar-refractivity contribution in [3.05, 3.63) is 12.3 Å². The number of carbonyl (C=O) groups is 1. The summed E-state index contributed by atoms with van der Waals surface area (Å²) in [7, 11) is -3.11. The van der Waals surface area contributed by atoms with Crippen LogP contribution in [0, 0.1) is 0 Å². The van der Waals surface area contributed by atoms with E-state index in [1.165, 1.54) is 10.9 Å². The molecular formula is C8H13N3O4S. The number of sulfone groups is 1. The molecule has 1 aromatic rings. The normalized spacial score (nSPS) is 11.3. The van der Waals surface area contributed by atoms with E-state index in [2.05, 4.69) is 5.10 Å². The van der Waals surface area contributed by atoms with Crippen molar-refractivity contribution in [3.63, 3.8) is 0 Å². The van der Waals surface area contributed by atoms with Crippen LogP contribution < -0.4 is 5.73 Å². The van der Waals surface area contributed by atoms with E-state index in [1.807, 2.05) is 0 Å². The Morgan fingerprint density at radius 1 is 1.62 bits per heavy atom. The molecule has 8 heteroatoms. The van der Waals surface area contributed by atoms with Crippen molar-refractivity contribution in [1.29, 1.82) is 0 Å². The monoisotopic (exact) mass is 247 g/mol. The van der Waals surface area contributed by atoms with E-state index in [-0.39, 0.29) is 18.9 Å². The molecule has 0 fully saturated rings. The molecule has 0 unspecified atom stereocenters. The number of hydrogen-bond donors (Lipinski definition) is 1. The predicted octanol–water partition coefficient (Wildman–Crippen LogP) is -0.947. The quantitative estimate of drug-likeness (QED) is 0.673. The van der Waals surface area contributed by atoms with Gasteiger partial charge in [0.15, 0.2) is 9.84 Å². The fourth-order valence-electron chi connectivity index (χ4n) is 0.950. The Hall–Kier alpha value is -1.57. The first-order chi connectivity index (χ1) is 7.37. The second-order valence-electron chi connectivity index (χ2n) is 3.29. The maximum absolute atomic E-state index is 11.2. The number of nitrogens with zero attached hydrogens (tertiary/aromatic N) is 2. The van der Waals surface area contributed by atoms with Crippen LogP contribution in [0.1, 0.15) is 0 Å². The lowest BCUT2D eigenvalue weighted by Gasteiger charge is -2.03. The van der Waals surface area contributed by atoms with E-state index in [1.54, 1.807) is 6.07 Å². The van der Waals surface area contributed by atoms with Crippen LogP contribution in [0.4, 0.5) is 5.82 Å². The van der Waals surface area contributed by atoms with Gasteiger partial charge in [-0.25, -0.2) is 8.42 Å². The Bertz CT molecular complexity index is 465. The third-order valence-corrected chi connectivity index (χ3v) is 2.58. The van der Waals surface area contributed by atoms with E-state index in [0.29, 0.717) is 5.82 Å². The van der Waals surface area contributed by atoms with Crippen LogP contribution in [0.2, 0.25) is 0 Å². The second kappa shape index (κ2) is 4.97. The van der Waals surface area contributed by atoms with E-state index < -0.39 is 15.8 Å². The number of ether oxygens (including phenoxy) is 1. The van der Waals surface area contributed by atoms with Crippen LogP contribution in [0.3, 0.4) is 0 Å². The number of esters is 1. The molecule has 0 aliphatic carbocycles. The number of nitrogen functional groups attached to an aromatic ring is 1. The first-order valence-corrected chi connectivity index (χ1v) is 6.55. The van der Waals surface area contributed by atoms with Gasteiger partial charge in [-0.1, -0.05) is 0 Å². The first kappa shape index (κ1) is 12.5. The van der Waals surface area contributed by atoms with Crippen molar-refractivity contribution in [2.75, 3.05) is 24.3 Å². The van der Waals surface area contributed by atoms with Crippen molar-refractivity contribution in [1.82, 2.24) is 9.78 Å². The molecule has 0 spiro atoms. The molecule has 0 aliphatic rings. The highest BCUT2D eigenvalue weighted by atomic mass is 32.2. The van der Waals surface area contributed by atoms with Crippen molar-refractivity contribution in [2.45, 2.75) is 6.54 Å². The van der Waals surface area contributed by atoms with Crippen LogP contribution in [0.25, 0.3) is 0 Å². The van der Waals surface area contributed by atoms with Crippen LogP contribution in [0.15, 0.2) is 12.3 Å². The molecule has 16 heavy (non-hydrogen) atoms. The molecule has 0 saturated heterocycles. The summed E-state index contributed by atoms with van der Waals surface area (Å²) in [6, 6.07) is 1.55. The van der Waals surface area contributed by atoms with Gasteiger partial charge in [0, 0.05) is 12.5 Å². The minimum atomic E-state index is -3.11. The van der Waals surface area contributed by atoms with E-state index in [4.69, 9.17) is 10.5 Å². The summed E-state index contributed by atoms with van der Waals surface area (Å²) >= 11 is 0. The molecule has 2 N–H and O–H groups in total. The Labute approximate surface area is 93.1 Å². The number of aromatic nitrogens is 2. The van der Waals surface area contributed by atoms with Gasteiger partial charge in [-0.2, -0.15) is 5.10 Å². The first-order valence-electron chi connectivity index (χ1n) is 4.49. The zero-order valence-corrected chi connectivity index (χ0v) is 9.61. The molecule has 0 radical (unpaired) electrons. The van der Waals surface area contributed by atoms with Gasteiger partial charge in [0.05, 0.1) is 5.75 Å². The summed E-state index contributed by atoms with van der Waals surface area (Å²) < 4.78 is 27.5. The second-order valence-corrected chi connectivity index (χ2v) is 5.55. The highest BCUT2D eigenvalue weighted by Gasteiger charge is 2.07. The zero-order valence-electron chi connectivity index (χ0n) is 8.79. The fraction of sp³-hybridized carbons (Fsp3) is 0.500. The maximum Gasteiger partial charge on any atom is 0.327 e. The standard InChI is InChI=1S/C8H13N3O4S/c1-16(13,14)5-4-15-8(12)6-11-3-2-7(9)10-11/h2-3H,4-6H2,1H3,(H2,9,10). The molecule has 0 amide bonds. The average molecular weight is 247 g/mol. The number of anilines is 1. The number of nitrogens with two attached hydrogens (primary N) is 1. The number of carbonyl (C=O) groups excluding carboxylic acids is 1. The third-order valence-electron chi connectivity index (χ3n) is 1.67. The summed E-state index contributed by atoms with van der Waals surface area (Å²) in [4.78, 5) is 11.2. The van der Waals surface area contributed by atoms with Gasteiger partial charge < -0.3 is 10.5 Å². The smallest absolute Gasteiger partial charge is 0.327 e. The molecule has 90 valence electrons. The Balaban J connectivity index is 2.32. The average Bonchev–Trinajstić information content (AvgIpc) is 2.48. The van der Waals surface area contributed by atoms with Crippen molar-refractivity contribution < 1.29 is 17.9 Å². The lowest BCUT2D eigenvalue weighted by Crippen LogP contribution is -2.18. The molecule has 0 bridgehead atoms. The highest BCUT2D eigenvalue weighted by Crippen LogP contribution is 1.96. The van der Waals surface area contributed by atoms with Crippen molar-refractivity contribution in [3.8, 4) is 0 Å². The molecule has 0 atom stereocenters. The summed E-state index contributed by atoms with van der Waals surface area (Å²) in [6.07, 6.45) is 2.61. The van der Waals surface area contributed by atoms with E-state index >= 15 is 0 Å². The third kappa shape index (κ3) is 4.78. The molecule has 7 nitrogen and oxygen atoms in total. The van der Waals surface area contributed by atoms with Gasteiger partial charge in [0.25, 0.3) is 0 Å². The van der Waals surface area contributed by atoms with Crippen LogP contribution in [0.5, 0.6) is 0 Å². The van der Waals surface area contributed by atoms with Gasteiger partial charge >= 0.3 is 5.97 Å². The zero-order chi connectivity index (χ0) is 12.2. The van der Waals surface area contributed by atoms with Crippen LogP contribution in [-0.2, 0) is 25.9 Å². The van der Waals surface area contributed by atoms with Crippen molar-refractivity contribution in [2.24, 2.45) is 0 Å². The summed E-state index contributed by atoms with van der Waals surface area (Å²) in [5, 5.41) is 3.78. The molecule has 0 aliphatic heterocycles. The number of rotatable bonds is 5. The van der Waals surface area contributed by atoms with Crippen LogP contribution in [-0.4, -0.2) is 42.8 Å². The maximum atomic E-state index is 11.2. The topological polar surface area (TPSA) is 104 Å². The molecule has 0 saturated carbocycles.